The molecule has 3 heteroatoms. The average Bonchev–Trinajstić information content (AvgIpc) is 2.66. The molecule has 0 radical (unpaired) electrons. The summed E-state index contributed by atoms with van der Waals surface area (Å²) in [7, 11) is 4.28. The van der Waals surface area contributed by atoms with Gasteiger partial charge >= 0.3 is 0 Å². The van der Waals surface area contributed by atoms with Gasteiger partial charge in [0.05, 0.1) is 0 Å². The van der Waals surface area contributed by atoms with Crippen LogP contribution in [-0.4, -0.2) is 30.5 Å². The third kappa shape index (κ3) is 3.06. The molecule has 88 valence electrons. The number of aromatic nitrogens is 1. The third-order valence-electron chi connectivity index (χ3n) is 2.92. The van der Waals surface area contributed by atoms with Gasteiger partial charge in [-0.25, -0.2) is 0 Å². The van der Waals surface area contributed by atoms with Gasteiger partial charge in [0.2, 0.25) is 0 Å². The van der Waals surface area contributed by atoms with Crippen molar-refractivity contribution in [3.05, 3.63) is 36.2 Å². The van der Waals surface area contributed by atoms with Crippen LogP contribution in [0, 0.1) is 5.92 Å². The minimum absolute atomic E-state index is 0. The van der Waals surface area contributed by atoms with E-state index < -0.39 is 0 Å². The first kappa shape index (κ1) is 13.2. The number of nitrogens with zero attached hydrogens (tertiary/aromatic N) is 2. The van der Waals surface area contributed by atoms with Crippen molar-refractivity contribution >= 4 is 18.0 Å². The molecule has 16 heavy (non-hydrogen) atoms. The third-order valence-corrected chi connectivity index (χ3v) is 2.92. The quantitative estimate of drug-likeness (QED) is 0.805. The number of hydrogen-bond acceptors (Lipinski definition) is 2. The van der Waals surface area contributed by atoms with Crippen LogP contribution in [0.25, 0.3) is 5.57 Å². The summed E-state index contributed by atoms with van der Waals surface area (Å²) in [4.78, 5) is 6.33. The van der Waals surface area contributed by atoms with E-state index in [1.54, 1.807) is 0 Å². The second kappa shape index (κ2) is 6.02. The predicted molar refractivity (Wildman–Crippen MR) is 70.7 cm³/mol. The van der Waals surface area contributed by atoms with E-state index in [0.29, 0.717) is 5.92 Å². The van der Waals surface area contributed by atoms with E-state index in [9.17, 15) is 0 Å². The largest absolute Gasteiger partial charge is 0.309 e. The molecular weight excluding hydrogens is 220 g/mol. The summed E-state index contributed by atoms with van der Waals surface area (Å²) in [6.45, 7) is 1.15. The zero-order valence-electron chi connectivity index (χ0n) is 9.89. The lowest BCUT2D eigenvalue weighted by Gasteiger charge is -2.19. The van der Waals surface area contributed by atoms with Crippen molar-refractivity contribution in [1.29, 1.82) is 0 Å². The number of allylic oxidation sites excluding steroid dienone is 1. The van der Waals surface area contributed by atoms with Gasteiger partial charge in [-0.05, 0) is 56.1 Å². The molecular formula is C13H19ClN2. The Morgan fingerprint density at radius 2 is 2.00 bits per heavy atom. The lowest BCUT2D eigenvalue weighted by Crippen LogP contribution is -2.21. The van der Waals surface area contributed by atoms with Crippen LogP contribution in [0.2, 0.25) is 0 Å². The molecule has 0 aliphatic heterocycles. The van der Waals surface area contributed by atoms with Gasteiger partial charge in [-0.1, -0.05) is 6.08 Å². The molecule has 1 atom stereocenters. The maximum absolute atomic E-state index is 4.07. The van der Waals surface area contributed by atoms with E-state index in [1.807, 2.05) is 12.4 Å². The predicted octanol–water partition coefficient (Wildman–Crippen LogP) is 2.86. The van der Waals surface area contributed by atoms with E-state index in [1.165, 1.54) is 24.0 Å². The van der Waals surface area contributed by atoms with Gasteiger partial charge in [-0.2, -0.15) is 0 Å². The fraction of sp³-hybridized carbons (Fsp3) is 0.462. The van der Waals surface area contributed by atoms with E-state index in [-0.39, 0.29) is 12.4 Å². The first-order chi connectivity index (χ1) is 7.27. The van der Waals surface area contributed by atoms with Crippen LogP contribution in [0.3, 0.4) is 0 Å². The Morgan fingerprint density at radius 3 is 2.62 bits per heavy atom. The molecule has 0 spiro atoms. The van der Waals surface area contributed by atoms with E-state index in [4.69, 9.17) is 0 Å². The molecule has 0 bridgehead atoms. The topological polar surface area (TPSA) is 16.1 Å². The van der Waals surface area contributed by atoms with Crippen molar-refractivity contribution in [3.8, 4) is 0 Å². The normalized spacial score (nSPS) is 19.4. The standard InChI is InChI=1S/C13H18N2.ClH/c1-15(2)10-12-4-3-5-13(12)11-6-8-14-9-7-11;/h5-9,12H,3-4,10H2,1-2H3;1H. The van der Waals surface area contributed by atoms with Crippen LogP contribution in [0.4, 0.5) is 0 Å². The minimum atomic E-state index is 0. The van der Waals surface area contributed by atoms with E-state index >= 15 is 0 Å². The Labute approximate surface area is 104 Å². The highest BCUT2D eigenvalue weighted by molar-refractivity contribution is 5.85. The van der Waals surface area contributed by atoms with Crippen LogP contribution in [0.5, 0.6) is 0 Å². The SMILES string of the molecule is CN(C)CC1CCC=C1c1ccncc1.Cl. The molecule has 2 rings (SSSR count). The number of hydrogen-bond donors (Lipinski definition) is 0. The van der Waals surface area contributed by atoms with Crippen LogP contribution in [0.15, 0.2) is 30.6 Å². The summed E-state index contributed by atoms with van der Waals surface area (Å²) in [5.41, 5.74) is 2.85. The maximum Gasteiger partial charge on any atom is 0.0273 e. The summed E-state index contributed by atoms with van der Waals surface area (Å²) in [6, 6.07) is 4.22. The summed E-state index contributed by atoms with van der Waals surface area (Å²) in [6.07, 6.45) is 8.64. The fourth-order valence-corrected chi connectivity index (χ4v) is 2.29. The maximum atomic E-state index is 4.07. The molecule has 0 N–H and O–H groups in total. The van der Waals surface area contributed by atoms with Gasteiger partial charge < -0.3 is 4.90 Å². The minimum Gasteiger partial charge on any atom is -0.309 e. The Bertz CT molecular complexity index is 346. The smallest absolute Gasteiger partial charge is 0.0273 e. The molecule has 1 aromatic rings. The zero-order chi connectivity index (χ0) is 10.7. The highest BCUT2D eigenvalue weighted by Crippen LogP contribution is 2.33. The molecule has 1 aromatic heterocycles. The van der Waals surface area contributed by atoms with E-state index in [2.05, 4.69) is 42.2 Å². The molecule has 2 nitrogen and oxygen atoms in total. The van der Waals surface area contributed by atoms with Crippen LogP contribution in [0.1, 0.15) is 18.4 Å². The Balaban J connectivity index is 0.00000128. The van der Waals surface area contributed by atoms with Gasteiger partial charge in [-0.3, -0.25) is 4.98 Å². The highest BCUT2D eigenvalue weighted by Gasteiger charge is 2.20. The summed E-state index contributed by atoms with van der Waals surface area (Å²) in [5.74, 6) is 0.697. The van der Waals surface area contributed by atoms with E-state index in [0.717, 1.165) is 6.54 Å². The second-order valence-electron chi connectivity index (χ2n) is 4.43. The van der Waals surface area contributed by atoms with Crippen molar-refractivity contribution in [2.45, 2.75) is 12.8 Å². The van der Waals surface area contributed by atoms with Crippen molar-refractivity contribution in [3.63, 3.8) is 0 Å². The molecule has 1 aliphatic rings. The summed E-state index contributed by atoms with van der Waals surface area (Å²) < 4.78 is 0. The number of rotatable bonds is 3. The molecule has 0 aromatic carbocycles. The molecule has 0 saturated carbocycles. The number of pyridine rings is 1. The van der Waals surface area contributed by atoms with Crippen LogP contribution in [-0.2, 0) is 0 Å². The van der Waals surface area contributed by atoms with Gasteiger partial charge in [0.1, 0.15) is 0 Å². The van der Waals surface area contributed by atoms with Crippen molar-refractivity contribution in [2.75, 3.05) is 20.6 Å². The van der Waals surface area contributed by atoms with Crippen LogP contribution >= 0.6 is 12.4 Å². The van der Waals surface area contributed by atoms with Crippen molar-refractivity contribution in [1.82, 2.24) is 9.88 Å². The second-order valence-corrected chi connectivity index (χ2v) is 4.43. The first-order valence-corrected chi connectivity index (χ1v) is 5.52. The molecule has 0 saturated heterocycles. The lowest BCUT2D eigenvalue weighted by molar-refractivity contribution is 0.361. The van der Waals surface area contributed by atoms with Crippen LogP contribution < -0.4 is 0 Å². The highest BCUT2D eigenvalue weighted by atomic mass is 35.5. The summed E-state index contributed by atoms with van der Waals surface area (Å²) in [5, 5.41) is 0. The molecule has 1 aliphatic carbocycles. The van der Waals surface area contributed by atoms with Crippen molar-refractivity contribution < 1.29 is 0 Å². The summed E-state index contributed by atoms with van der Waals surface area (Å²) >= 11 is 0. The van der Waals surface area contributed by atoms with Gasteiger partial charge in [0, 0.05) is 18.9 Å². The number of halogens is 1. The molecule has 0 amide bonds. The molecule has 1 heterocycles. The zero-order valence-corrected chi connectivity index (χ0v) is 10.7. The monoisotopic (exact) mass is 238 g/mol. The Kier molecular flexibility index (Phi) is 4.97. The Hall–Kier alpha value is -0.860. The lowest BCUT2D eigenvalue weighted by atomic mass is 9.95. The van der Waals surface area contributed by atoms with Crippen molar-refractivity contribution in [2.24, 2.45) is 5.92 Å². The Morgan fingerprint density at radius 1 is 1.31 bits per heavy atom. The first-order valence-electron chi connectivity index (χ1n) is 5.52. The van der Waals surface area contributed by atoms with Gasteiger partial charge in [0.15, 0.2) is 0 Å². The molecule has 0 fully saturated rings. The average molecular weight is 239 g/mol. The van der Waals surface area contributed by atoms with Gasteiger partial charge in [0.25, 0.3) is 0 Å². The fourth-order valence-electron chi connectivity index (χ4n) is 2.29. The van der Waals surface area contributed by atoms with Gasteiger partial charge in [-0.15, -0.1) is 12.4 Å². The molecule has 1 unspecified atom stereocenters.